The van der Waals surface area contributed by atoms with Crippen molar-refractivity contribution < 1.29 is 33.4 Å². The van der Waals surface area contributed by atoms with Gasteiger partial charge in [-0.3, -0.25) is 15.6 Å². The third-order valence-electron chi connectivity index (χ3n) is 5.92. The van der Waals surface area contributed by atoms with Crippen molar-refractivity contribution >= 4 is 30.4 Å². The van der Waals surface area contributed by atoms with Crippen LogP contribution in [-0.2, 0) is 37.0 Å². The number of nitrogens with one attached hydrogen (secondary N) is 3. The zero-order chi connectivity index (χ0) is 31.5. The first-order valence-electron chi connectivity index (χ1n) is 14.2. The van der Waals surface area contributed by atoms with Gasteiger partial charge in [0.25, 0.3) is 5.88 Å². The summed E-state index contributed by atoms with van der Waals surface area (Å²) in [5.41, 5.74) is 1.04. The van der Waals surface area contributed by atoms with Crippen LogP contribution in [0.15, 0.2) is 71.5 Å². The monoisotopic (exact) mass is 594 g/mol. The first-order valence-corrected chi connectivity index (χ1v) is 14.2. The summed E-state index contributed by atoms with van der Waals surface area (Å²) >= 11 is 0. The Bertz CT molecular complexity index is 1220. The Hall–Kier alpha value is -4.63. The number of alkyl carbamates (subject to hydrolysis) is 2. The van der Waals surface area contributed by atoms with E-state index in [0.29, 0.717) is 12.3 Å². The van der Waals surface area contributed by atoms with Gasteiger partial charge in [-0.25, -0.2) is 14.4 Å². The summed E-state index contributed by atoms with van der Waals surface area (Å²) in [6.07, 6.45) is 3.73. The number of amides is 2. The minimum atomic E-state index is -0.775. The number of aliphatic imine (C=N–C) groups is 1. The maximum absolute atomic E-state index is 12.4. The SMILES string of the molecule is CC(CCN=C(NC(=O)OCc1ccccc1)NC(=C=O)OCc1ccccc1)NC(=O)OC(C)(C)C.O=CC1CCC1. The highest BCUT2D eigenvalue weighted by molar-refractivity contribution is 5.95. The summed E-state index contributed by atoms with van der Waals surface area (Å²) in [5.74, 6) is 1.78. The molecule has 0 aliphatic heterocycles. The zero-order valence-corrected chi connectivity index (χ0v) is 25.3. The van der Waals surface area contributed by atoms with Crippen LogP contribution in [-0.4, -0.2) is 48.6 Å². The number of nitrogens with zero attached hydrogens (tertiary/aromatic N) is 1. The molecule has 1 fully saturated rings. The van der Waals surface area contributed by atoms with Gasteiger partial charge in [-0.15, -0.1) is 0 Å². The van der Waals surface area contributed by atoms with E-state index in [-0.39, 0.29) is 37.6 Å². The standard InChI is InChI=1S/C27H34N4O6.C5H8O/c1-20(29-26(34)37-27(2,3)4)15-16-28-24(31-25(33)36-19-22-13-9-6-10-14-22)30-23(17-32)35-18-21-11-7-5-8-12-21;6-4-5-2-1-3-5/h5-14,20H,15-16,18-19H2,1-4H3,(H,29,34)(H2,28,30,31,33);4-5H,1-3H2. The van der Waals surface area contributed by atoms with E-state index in [1.165, 1.54) is 6.42 Å². The molecule has 1 aliphatic carbocycles. The van der Waals surface area contributed by atoms with Crippen LogP contribution in [0.1, 0.15) is 64.5 Å². The fraction of sp³-hybridized carbons (Fsp3) is 0.438. The quantitative estimate of drug-likeness (QED) is 0.108. The lowest BCUT2D eigenvalue weighted by Gasteiger charge is -2.21. The van der Waals surface area contributed by atoms with Crippen LogP contribution < -0.4 is 16.0 Å². The molecular weight excluding hydrogens is 552 g/mol. The molecule has 0 spiro atoms. The number of hydrogen-bond acceptors (Lipinski definition) is 8. The van der Waals surface area contributed by atoms with Crippen molar-refractivity contribution in [2.24, 2.45) is 10.9 Å². The first-order chi connectivity index (χ1) is 20.6. The van der Waals surface area contributed by atoms with Gasteiger partial charge in [0.1, 0.15) is 25.1 Å². The van der Waals surface area contributed by atoms with Crippen LogP contribution in [0.25, 0.3) is 0 Å². The molecule has 11 nitrogen and oxygen atoms in total. The normalized spacial score (nSPS) is 13.4. The molecule has 1 atom stereocenters. The van der Waals surface area contributed by atoms with Crippen molar-refractivity contribution in [3.05, 3.63) is 77.7 Å². The molecule has 3 N–H and O–H groups in total. The number of rotatable bonds is 11. The molecular formula is C32H42N4O7. The molecule has 43 heavy (non-hydrogen) atoms. The minimum absolute atomic E-state index is 0.0533. The summed E-state index contributed by atoms with van der Waals surface area (Å²) in [6, 6.07) is 18.2. The lowest BCUT2D eigenvalue weighted by atomic mass is 9.87. The predicted octanol–water partition coefficient (Wildman–Crippen LogP) is 5.04. The summed E-state index contributed by atoms with van der Waals surface area (Å²) in [4.78, 5) is 49.9. The van der Waals surface area contributed by atoms with Gasteiger partial charge in [0.2, 0.25) is 5.96 Å². The molecule has 0 aromatic heterocycles. The highest BCUT2D eigenvalue weighted by Gasteiger charge is 2.18. The van der Waals surface area contributed by atoms with E-state index in [4.69, 9.17) is 14.2 Å². The number of ether oxygens (including phenoxy) is 3. The van der Waals surface area contributed by atoms with E-state index in [9.17, 15) is 19.2 Å². The summed E-state index contributed by atoms with van der Waals surface area (Å²) in [6.45, 7) is 7.50. The summed E-state index contributed by atoms with van der Waals surface area (Å²) in [5, 5.41) is 7.85. The lowest BCUT2D eigenvalue weighted by molar-refractivity contribution is -0.113. The molecule has 0 bridgehead atoms. The van der Waals surface area contributed by atoms with E-state index in [1.807, 2.05) is 60.7 Å². The van der Waals surface area contributed by atoms with E-state index < -0.39 is 17.8 Å². The molecule has 1 saturated carbocycles. The van der Waals surface area contributed by atoms with Gasteiger partial charge >= 0.3 is 12.2 Å². The number of aldehydes is 1. The molecule has 0 heterocycles. The zero-order valence-electron chi connectivity index (χ0n) is 25.3. The van der Waals surface area contributed by atoms with Gasteiger partial charge in [-0.1, -0.05) is 67.1 Å². The minimum Gasteiger partial charge on any atom is -0.466 e. The molecule has 2 aromatic carbocycles. The van der Waals surface area contributed by atoms with Crippen LogP contribution in [0, 0.1) is 5.92 Å². The predicted molar refractivity (Wildman–Crippen MR) is 162 cm³/mol. The molecule has 2 amide bonds. The van der Waals surface area contributed by atoms with Crippen molar-refractivity contribution in [2.45, 2.75) is 78.2 Å². The van der Waals surface area contributed by atoms with Crippen molar-refractivity contribution in [3.63, 3.8) is 0 Å². The average molecular weight is 595 g/mol. The third-order valence-corrected chi connectivity index (χ3v) is 5.92. The smallest absolute Gasteiger partial charge is 0.414 e. The number of hydrogen-bond donors (Lipinski definition) is 3. The van der Waals surface area contributed by atoms with E-state index >= 15 is 0 Å². The van der Waals surface area contributed by atoms with E-state index in [1.54, 1.807) is 33.6 Å². The van der Waals surface area contributed by atoms with Gasteiger partial charge in [-0.2, -0.15) is 0 Å². The Labute approximate surface area is 253 Å². The molecule has 1 aliphatic rings. The fourth-order valence-electron chi connectivity index (χ4n) is 3.42. The first kappa shape index (κ1) is 34.6. The van der Waals surface area contributed by atoms with Crippen LogP contribution >= 0.6 is 0 Å². The van der Waals surface area contributed by atoms with Gasteiger partial charge in [0.15, 0.2) is 5.94 Å². The highest BCUT2D eigenvalue weighted by atomic mass is 16.6. The van der Waals surface area contributed by atoms with Crippen LogP contribution in [0.3, 0.4) is 0 Å². The molecule has 0 saturated heterocycles. The summed E-state index contributed by atoms with van der Waals surface area (Å²) in [7, 11) is 0. The van der Waals surface area contributed by atoms with Gasteiger partial charge in [-0.05, 0) is 58.1 Å². The Balaban J connectivity index is 0.000000953. The lowest BCUT2D eigenvalue weighted by Crippen LogP contribution is -2.42. The second-order valence-corrected chi connectivity index (χ2v) is 10.9. The number of guanidine groups is 1. The van der Waals surface area contributed by atoms with E-state index in [2.05, 4.69) is 20.9 Å². The van der Waals surface area contributed by atoms with Crippen LogP contribution in [0.5, 0.6) is 0 Å². The Morgan fingerprint density at radius 1 is 0.953 bits per heavy atom. The molecule has 232 valence electrons. The Kier molecular flexibility index (Phi) is 15.1. The number of benzene rings is 2. The Morgan fingerprint density at radius 3 is 2.00 bits per heavy atom. The highest BCUT2D eigenvalue weighted by Crippen LogP contribution is 2.23. The number of carbonyl (C=O) groups is 3. The largest absolute Gasteiger partial charge is 0.466 e. The van der Waals surface area contributed by atoms with Crippen molar-refractivity contribution in [2.75, 3.05) is 6.54 Å². The molecule has 11 heteroatoms. The average Bonchev–Trinajstić information content (AvgIpc) is 2.93. The second-order valence-electron chi connectivity index (χ2n) is 10.9. The second kappa shape index (κ2) is 18.7. The van der Waals surface area contributed by atoms with Crippen LogP contribution in [0.4, 0.5) is 9.59 Å². The third kappa shape index (κ3) is 15.8. The molecule has 1 unspecified atom stereocenters. The summed E-state index contributed by atoms with van der Waals surface area (Å²) < 4.78 is 16.0. The topological polar surface area (TPSA) is 144 Å². The van der Waals surface area contributed by atoms with Crippen LogP contribution in [0.2, 0.25) is 0 Å². The van der Waals surface area contributed by atoms with E-state index in [0.717, 1.165) is 30.3 Å². The van der Waals surface area contributed by atoms with Crippen molar-refractivity contribution in [3.8, 4) is 0 Å². The molecule has 3 rings (SSSR count). The number of carbonyl (C=O) groups excluding carboxylic acids is 4. The molecule has 0 radical (unpaired) electrons. The maximum Gasteiger partial charge on any atom is 0.414 e. The van der Waals surface area contributed by atoms with Gasteiger partial charge < -0.3 is 24.3 Å². The Morgan fingerprint density at radius 2 is 1.53 bits per heavy atom. The fourth-order valence-corrected chi connectivity index (χ4v) is 3.42. The van der Waals surface area contributed by atoms with Crippen molar-refractivity contribution in [1.82, 2.24) is 16.0 Å². The molecule has 2 aromatic rings. The maximum atomic E-state index is 12.4. The van der Waals surface area contributed by atoms with Crippen molar-refractivity contribution in [1.29, 1.82) is 0 Å². The van der Waals surface area contributed by atoms with Gasteiger partial charge in [0, 0.05) is 18.5 Å². The van der Waals surface area contributed by atoms with Gasteiger partial charge in [0.05, 0.1) is 0 Å².